The van der Waals surface area contributed by atoms with Crippen LogP contribution in [0.25, 0.3) is 10.8 Å². The molecule has 0 saturated carbocycles. The zero-order valence-corrected chi connectivity index (χ0v) is 17.2. The van der Waals surface area contributed by atoms with Gasteiger partial charge in [0, 0.05) is 5.56 Å². The van der Waals surface area contributed by atoms with E-state index in [-0.39, 0.29) is 0 Å². The van der Waals surface area contributed by atoms with Gasteiger partial charge in [-0.25, -0.2) is 0 Å². The molecule has 2 N–H and O–H groups in total. The van der Waals surface area contributed by atoms with Crippen molar-refractivity contribution in [2.24, 2.45) is 0 Å². The molecule has 132 valence electrons. The van der Waals surface area contributed by atoms with Crippen molar-refractivity contribution in [2.75, 3.05) is 0 Å². The molecule has 0 fully saturated rings. The molecule has 25 heavy (non-hydrogen) atoms. The minimum absolute atomic E-state index is 0.522. The quantitative estimate of drug-likeness (QED) is 0.643. The lowest BCUT2D eigenvalue weighted by molar-refractivity contribution is 0.426. The van der Waals surface area contributed by atoms with Crippen LogP contribution in [0.4, 0.5) is 0 Å². The summed E-state index contributed by atoms with van der Waals surface area (Å²) < 4.78 is 0. The summed E-state index contributed by atoms with van der Waals surface area (Å²) in [7, 11) is -3.32. The van der Waals surface area contributed by atoms with E-state index in [4.69, 9.17) is 0 Å². The molecule has 2 rings (SSSR count). The van der Waals surface area contributed by atoms with Gasteiger partial charge in [-0.1, -0.05) is 77.8 Å². The predicted octanol–water partition coefficient (Wildman–Crippen LogP) is 4.09. The third kappa shape index (κ3) is 3.69. The SMILES string of the molecule is CC(C)[Si](C#Cc1cccc2cccc(B(O)O)c12)(C(C)C)C(C)C. The van der Waals surface area contributed by atoms with E-state index in [1.807, 2.05) is 30.3 Å². The van der Waals surface area contributed by atoms with Gasteiger partial charge in [-0.3, -0.25) is 0 Å². The van der Waals surface area contributed by atoms with Crippen molar-refractivity contribution < 1.29 is 10.0 Å². The summed E-state index contributed by atoms with van der Waals surface area (Å²) in [5, 5.41) is 21.4. The van der Waals surface area contributed by atoms with Gasteiger partial charge in [-0.15, -0.1) is 5.54 Å². The second kappa shape index (κ2) is 7.78. The van der Waals surface area contributed by atoms with Crippen molar-refractivity contribution >= 4 is 31.4 Å². The first kappa shape index (κ1) is 19.8. The molecule has 2 aromatic rings. The van der Waals surface area contributed by atoms with Crippen LogP contribution < -0.4 is 5.46 Å². The number of benzene rings is 2. The molecule has 0 heterocycles. The molecule has 0 aliphatic carbocycles. The molecule has 4 heteroatoms. The Morgan fingerprint density at radius 1 is 0.840 bits per heavy atom. The molecule has 0 aromatic heterocycles. The van der Waals surface area contributed by atoms with Gasteiger partial charge in [0.1, 0.15) is 8.07 Å². The predicted molar refractivity (Wildman–Crippen MR) is 112 cm³/mol. The normalized spacial score (nSPS) is 12.0. The van der Waals surface area contributed by atoms with E-state index in [9.17, 15) is 10.0 Å². The summed E-state index contributed by atoms with van der Waals surface area (Å²) in [5.41, 5.74) is 6.84. The highest BCUT2D eigenvalue weighted by atomic mass is 28.3. The van der Waals surface area contributed by atoms with Crippen molar-refractivity contribution in [1.29, 1.82) is 0 Å². The second-order valence-corrected chi connectivity index (χ2v) is 13.4. The maximum Gasteiger partial charge on any atom is 0.489 e. The maximum atomic E-state index is 9.76. The first-order valence-corrected chi connectivity index (χ1v) is 11.4. The van der Waals surface area contributed by atoms with Crippen LogP contribution in [0.3, 0.4) is 0 Å². The van der Waals surface area contributed by atoms with Crippen LogP contribution in [0.5, 0.6) is 0 Å². The average molecular weight is 352 g/mol. The van der Waals surface area contributed by atoms with E-state index in [1.165, 1.54) is 0 Å². The van der Waals surface area contributed by atoms with Crippen LogP contribution in [0.1, 0.15) is 47.1 Å². The molecule has 0 unspecified atom stereocenters. The number of hydrogen-bond donors (Lipinski definition) is 2. The third-order valence-electron chi connectivity index (χ3n) is 5.49. The van der Waals surface area contributed by atoms with Gasteiger partial charge < -0.3 is 10.0 Å². The Morgan fingerprint density at radius 3 is 1.84 bits per heavy atom. The fourth-order valence-electron chi connectivity index (χ4n) is 4.30. The smallest absolute Gasteiger partial charge is 0.423 e. The fourth-order valence-corrected chi connectivity index (χ4v) is 9.52. The van der Waals surface area contributed by atoms with Gasteiger partial charge in [-0.2, -0.15) is 0 Å². The van der Waals surface area contributed by atoms with E-state index in [1.54, 1.807) is 6.07 Å². The molecular formula is C21H29BO2Si. The van der Waals surface area contributed by atoms with Crippen molar-refractivity contribution in [3.8, 4) is 11.5 Å². The van der Waals surface area contributed by atoms with E-state index >= 15 is 0 Å². The monoisotopic (exact) mass is 352 g/mol. The highest BCUT2D eigenvalue weighted by Gasteiger charge is 2.41. The van der Waals surface area contributed by atoms with E-state index in [0.29, 0.717) is 22.1 Å². The molecule has 0 saturated heterocycles. The highest BCUT2D eigenvalue weighted by molar-refractivity contribution is 6.90. The Hall–Kier alpha value is -1.54. The fraction of sp³-hybridized carbons (Fsp3) is 0.429. The van der Waals surface area contributed by atoms with E-state index in [0.717, 1.165) is 16.3 Å². The lowest BCUT2D eigenvalue weighted by Crippen LogP contribution is -2.43. The highest BCUT2D eigenvalue weighted by Crippen LogP contribution is 2.40. The van der Waals surface area contributed by atoms with E-state index in [2.05, 4.69) is 53.0 Å². The zero-order valence-electron chi connectivity index (χ0n) is 16.2. The van der Waals surface area contributed by atoms with Crippen LogP contribution in [-0.4, -0.2) is 25.2 Å². The number of hydrogen-bond acceptors (Lipinski definition) is 2. The second-order valence-electron chi connectivity index (χ2n) is 7.77. The van der Waals surface area contributed by atoms with E-state index < -0.39 is 15.2 Å². The standard InChI is InChI=1S/C21H29BO2Si/c1-15(2)25(16(3)4,17(5)6)14-13-19-10-7-9-18-11-8-12-20(21(18)19)22(23)24/h7-12,15-17,23-24H,1-6H3. The number of fused-ring (bicyclic) bond motifs is 1. The number of rotatable bonds is 4. The molecular weight excluding hydrogens is 323 g/mol. The molecule has 0 radical (unpaired) electrons. The average Bonchev–Trinajstić information content (AvgIpc) is 2.53. The summed E-state index contributed by atoms with van der Waals surface area (Å²) in [6.07, 6.45) is 0. The van der Waals surface area contributed by atoms with Gasteiger partial charge in [0.15, 0.2) is 0 Å². The van der Waals surface area contributed by atoms with Crippen molar-refractivity contribution in [2.45, 2.75) is 58.2 Å². The van der Waals surface area contributed by atoms with Crippen LogP contribution in [-0.2, 0) is 0 Å². The van der Waals surface area contributed by atoms with Crippen molar-refractivity contribution in [1.82, 2.24) is 0 Å². The molecule has 0 aliphatic heterocycles. The van der Waals surface area contributed by atoms with Gasteiger partial charge >= 0.3 is 7.12 Å². The van der Waals surface area contributed by atoms with Crippen molar-refractivity contribution in [3.05, 3.63) is 42.0 Å². The van der Waals surface area contributed by atoms with Crippen LogP contribution in [0, 0.1) is 11.5 Å². The lowest BCUT2D eigenvalue weighted by Gasteiger charge is -2.38. The lowest BCUT2D eigenvalue weighted by atomic mass is 9.76. The topological polar surface area (TPSA) is 40.5 Å². The Balaban J connectivity index is 2.71. The van der Waals surface area contributed by atoms with Gasteiger partial charge in [0.25, 0.3) is 0 Å². The molecule has 2 aromatic carbocycles. The third-order valence-corrected chi connectivity index (χ3v) is 11.8. The first-order valence-electron chi connectivity index (χ1n) is 9.12. The molecule has 0 aliphatic rings. The largest absolute Gasteiger partial charge is 0.489 e. The minimum Gasteiger partial charge on any atom is -0.423 e. The zero-order chi connectivity index (χ0) is 18.8. The summed E-state index contributed by atoms with van der Waals surface area (Å²) >= 11 is 0. The van der Waals surface area contributed by atoms with Crippen molar-refractivity contribution in [3.63, 3.8) is 0 Å². The summed E-state index contributed by atoms with van der Waals surface area (Å²) in [6, 6.07) is 11.6. The Labute approximate surface area is 153 Å². The van der Waals surface area contributed by atoms with Gasteiger partial charge in [0.05, 0.1) is 0 Å². The van der Waals surface area contributed by atoms with Crippen LogP contribution >= 0.6 is 0 Å². The molecule has 0 bridgehead atoms. The maximum absolute atomic E-state index is 9.76. The first-order chi connectivity index (χ1) is 11.7. The Bertz CT molecular complexity index is 773. The molecule has 2 nitrogen and oxygen atoms in total. The Morgan fingerprint density at radius 2 is 1.36 bits per heavy atom. The molecule has 0 atom stereocenters. The summed E-state index contributed by atoms with van der Waals surface area (Å²) in [6.45, 7) is 13.8. The summed E-state index contributed by atoms with van der Waals surface area (Å²) in [5.74, 6) is 3.46. The molecule has 0 spiro atoms. The molecule has 0 amide bonds. The van der Waals surface area contributed by atoms with Crippen LogP contribution in [0.2, 0.25) is 16.6 Å². The van der Waals surface area contributed by atoms with Gasteiger partial charge in [-0.05, 0) is 38.9 Å². The van der Waals surface area contributed by atoms with Gasteiger partial charge in [0.2, 0.25) is 0 Å². The minimum atomic E-state index is -1.83. The summed E-state index contributed by atoms with van der Waals surface area (Å²) in [4.78, 5) is 0. The van der Waals surface area contributed by atoms with Crippen LogP contribution in [0.15, 0.2) is 36.4 Å². The Kier molecular flexibility index (Phi) is 6.16.